The Labute approximate surface area is 186 Å². The number of guanidine groups is 1. The quantitative estimate of drug-likeness (QED) is 0.472. The Kier molecular flexibility index (Phi) is 8.85. The van der Waals surface area contributed by atoms with Gasteiger partial charge in [-0.15, -0.1) is 10.2 Å². The molecule has 1 aliphatic heterocycles. The number of rotatable bonds is 9. The van der Waals surface area contributed by atoms with Gasteiger partial charge in [0, 0.05) is 45.7 Å². The van der Waals surface area contributed by atoms with Gasteiger partial charge in [0.1, 0.15) is 12.2 Å². The van der Waals surface area contributed by atoms with Crippen LogP contribution in [0.5, 0.6) is 0 Å². The summed E-state index contributed by atoms with van der Waals surface area (Å²) in [5.41, 5.74) is 2.60. The Morgan fingerprint density at radius 1 is 1.13 bits per heavy atom. The highest BCUT2D eigenvalue weighted by Crippen LogP contribution is 2.17. The lowest BCUT2D eigenvalue weighted by atomic mass is 10.1. The molecule has 2 aromatic rings. The molecule has 0 spiro atoms. The van der Waals surface area contributed by atoms with E-state index in [4.69, 9.17) is 9.73 Å². The number of aliphatic imine (C=N–C) groups is 1. The van der Waals surface area contributed by atoms with E-state index in [0.29, 0.717) is 6.54 Å². The van der Waals surface area contributed by atoms with E-state index in [9.17, 15) is 0 Å². The van der Waals surface area contributed by atoms with Gasteiger partial charge in [0.05, 0.1) is 18.8 Å². The van der Waals surface area contributed by atoms with E-state index < -0.39 is 0 Å². The highest BCUT2D eigenvalue weighted by molar-refractivity contribution is 5.79. The lowest BCUT2D eigenvalue weighted by Crippen LogP contribution is -2.44. The Morgan fingerprint density at radius 3 is 2.58 bits per heavy atom. The van der Waals surface area contributed by atoms with Gasteiger partial charge in [-0.25, -0.2) is 4.99 Å². The van der Waals surface area contributed by atoms with Gasteiger partial charge in [0.15, 0.2) is 5.96 Å². The average Bonchev–Trinajstić information content (AvgIpc) is 3.20. The van der Waals surface area contributed by atoms with Crippen LogP contribution in [-0.4, -0.2) is 64.0 Å². The second-order valence-electron chi connectivity index (χ2n) is 8.14. The van der Waals surface area contributed by atoms with Gasteiger partial charge >= 0.3 is 0 Å². The molecular weight excluding hydrogens is 390 g/mol. The summed E-state index contributed by atoms with van der Waals surface area (Å²) in [6.07, 6.45) is 3.22. The maximum atomic E-state index is 5.88. The van der Waals surface area contributed by atoms with E-state index in [1.54, 1.807) is 6.33 Å². The van der Waals surface area contributed by atoms with Crippen molar-refractivity contribution in [3.05, 3.63) is 47.5 Å². The van der Waals surface area contributed by atoms with Gasteiger partial charge in [0.25, 0.3) is 0 Å². The fourth-order valence-electron chi connectivity index (χ4n) is 4.06. The van der Waals surface area contributed by atoms with Gasteiger partial charge in [-0.2, -0.15) is 0 Å². The third-order valence-corrected chi connectivity index (χ3v) is 5.42. The number of hydrogen-bond donors (Lipinski definition) is 2. The van der Waals surface area contributed by atoms with Crippen molar-refractivity contribution in [2.24, 2.45) is 4.99 Å². The van der Waals surface area contributed by atoms with Gasteiger partial charge in [-0.1, -0.05) is 31.2 Å². The minimum atomic E-state index is 0.275. The molecule has 1 fully saturated rings. The molecule has 8 nitrogen and oxygen atoms in total. The van der Waals surface area contributed by atoms with Gasteiger partial charge < -0.3 is 19.9 Å². The second kappa shape index (κ2) is 11.8. The van der Waals surface area contributed by atoms with Crippen LogP contribution < -0.4 is 10.6 Å². The van der Waals surface area contributed by atoms with E-state index in [0.717, 1.165) is 57.5 Å². The monoisotopic (exact) mass is 427 g/mol. The van der Waals surface area contributed by atoms with Crippen molar-refractivity contribution in [2.75, 3.05) is 26.2 Å². The van der Waals surface area contributed by atoms with E-state index in [1.165, 1.54) is 11.1 Å². The molecule has 0 saturated carbocycles. The summed E-state index contributed by atoms with van der Waals surface area (Å²) in [5, 5.41) is 14.9. The van der Waals surface area contributed by atoms with Crippen molar-refractivity contribution >= 4 is 5.96 Å². The standard InChI is InChI=1S/C23H37N7O/c1-5-22-28-27-17-30(22)12-11-25-23(24-6-2)26-13-20-9-7-8-10-21(20)16-29-14-18(3)31-19(4)15-29/h7-10,17-19H,5-6,11-16H2,1-4H3,(H2,24,25,26). The number of benzene rings is 1. The van der Waals surface area contributed by atoms with E-state index >= 15 is 0 Å². The summed E-state index contributed by atoms with van der Waals surface area (Å²) in [5.74, 6) is 1.83. The van der Waals surface area contributed by atoms with Crippen molar-refractivity contribution in [1.82, 2.24) is 30.3 Å². The first-order valence-corrected chi connectivity index (χ1v) is 11.4. The average molecular weight is 428 g/mol. The Morgan fingerprint density at radius 2 is 1.87 bits per heavy atom. The van der Waals surface area contributed by atoms with E-state index in [-0.39, 0.29) is 12.2 Å². The Balaban J connectivity index is 1.60. The summed E-state index contributed by atoms with van der Waals surface area (Å²) in [4.78, 5) is 7.32. The molecule has 8 heteroatoms. The largest absolute Gasteiger partial charge is 0.373 e. The van der Waals surface area contributed by atoms with Crippen LogP contribution in [0.3, 0.4) is 0 Å². The van der Waals surface area contributed by atoms with Gasteiger partial charge in [0.2, 0.25) is 0 Å². The van der Waals surface area contributed by atoms with E-state index in [1.807, 2.05) is 0 Å². The molecule has 1 aliphatic rings. The molecule has 0 aliphatic carbocycles. The molecule has 170 valence electrons. The zero-order chi connectivity index (χ0) is 22.1. The summed E-state index contributed by atoms with van der Waals surface area (Å²) in [7, 11) is 0. The normalized spacial score (nSPS) is 20.1. The predicted octanol–water partition coefficient (Wildman–Crippen LogP) is 2.21. The lowest BCUT2D eigenvalue weighted by molar-refractivity contribution is -0.0705. The number of ether oxygens (including phenoxy) is 1. The van der Waals surface area contributed by atoms with Crippen LogP contribution in [-0.2, 0) is 30.8 Å². The Bertz CT molecular complexity index is 825. The Hall–Kier alpha value is -2.45. The third kappa shape index (κ3) is 7.04. The molecule has 0 bridgehead atoms. The first-order valence-electron chi connectivity index (χ1n) is 11.4. The van der Waals surface area contributed by atoms with Crippen molar-refractivity contribution in [2.45, 2.75) is 66.0 Å². The van der Waals surface area contributed by atoms with Crippen molar-refractivity contribution in [1.29, 1.82) is 0 Å². The highest BCUT2D eigenvalue weighted by Gasteiger charge is 2.22. The smallest absolute Gasteiger partial charge is 0.191 e. The summed E-state index contributed by atoms with van der Waals surface area (Å²) >= 11 is 0. The summed E-state index contributed by atoms with van der Waals surface area (Å²) in [6.45, 7) is 14.4. The van der Waals surface area contributed by atoms with Crippen LogP contribution in [0, 0.1) is 0 Å². The number of hydrogen-bond acceptors (Lipinski definition) is 5. The number of nitrogens with zero attached hydrogens (tertiary/aromatic N) is 5. The molecule has 2 unspecified atom stereocenters. The zero-order valence-electron chi connectivity index (χ0n) is 19.3. The molecule has 2 N–H and O–H groups in total. The molecule has 1 aromatic carbocycles. The fraction of sp³-hybridized carbons (Fsp3) is 0.609. The van der Waals surface area contributed by atoms with Crippen molar-refractivity contribution in [3.8, 4) is 0 Å². The summed E-state index contributed by atoms with van der Waals surface area (Å²) < 4.78 is 7.96. The number of nitrogens with one attached hydrogen (secondary N) is 2. The molecule has 1 saturated heterocycles. The SMILES string of the molecule is CCNC(=NCc1ccccc1CN1CC(C)OC(C)C1)NCCn1cnnc1CC. The van der Waals surface area contributed by atoms with Crippen LogP contribution in [0.4, 0.5) is 0 Å². The van der Waals surface area contributed by atoms with Crippen molar-refractivity contribution < 1.29 is 4.74 Å². The van der Waals surface area contributed by atoms with Crippen LogP contribution in [0.2, 0.25) is 0 Å². The number of aromatic nitrogens is 3. The van der Waals surface area contributed by atoms with Crippen LogP contribution in [0.25, 0.3) is 0 Å². The minimum absolute atomic E-state index is 0.275. The maximum absolute atomic E-state index is 5.88. The number of aryl methyl sites for hydroxylation is 1. The maximum Gasteiger partial charge on any atom is 0.191 e. The molecule has 31 heavy (non-hydrogen) atoms. The van der Waals surface area contributed by atoms with Crippen molar-refractivity contribution in [3.63, 3.8) is 0 Å². The third-order valence-electron chi connectivity index (χ3n) is 5.42. The van der Waals surface area contributed by atoms with Crippen LogP contribution in [0.15, 0.2) is 35.6 Å². The lowest BCUT2D eigenvalue weighted by Gasteiger charge is -2.35. The predicted molar refractivity (Wildman–Crippen MR) is 124 cm³/mol. The highest BCUT2D eigenvalue weighted by atomic mass is 16.5. The van der Waals surface area contributed by atoms with Crippen LogP contribution >= 0.6 is 0 Å². The molecule has 0 radical (unpaired) electrons. The fourth-order valence-corrected chi connectivity index (χ4v) is 4.06. The number of morpholine rings is 1. The van der Waals surface area contributed by atoms with Crippen LogP contribution in [0.1, 0.15) is 44.6 Å². The minimum Gasteiger partial charge on any atom is -0.373 e. The first kappa shape index (κ1) is 23.2. The molecule has 3 rings (SSSR count). The molecule has 1 aromatic heterocycles. The zero-order valence-corrected chi connectivity index (χ0v) is 19.3. The summed E-state index contributed by atoms with van der Waals surface area (Å²) in [6, 6.07) is 8.61. The molecule has 0 amide bonds. The molecular formula is C23H37N7O. The van der Waals surface area contributed by atoms with Gasteiger partial charge in [-0.05, 0) is 31.9 Å². The second-order valence-corrected chi connectivity index (χ2v) is 8.14. The first-order chi connectivity index (χ1) is 15.1. The topological polar surface area (TPSA) is 79.6 Å². The molecule has 2 atom stereocenters. The van der Waals surface area contributed by atoms with Gasteiger partial charge in [-0.3, -0.25) is 4.90 Å². The van der Waals surface area contributed by atoms with E-state index in [2.05, 4.69) is 82.3 Å². The molecule has 2 heterocycles.